The molecule has 2 aromatic rings. The average molecular weight is 357 g/mol. The second-order valence-corrected chi connectivity index (χ2v) is 6.59. The Bertz CT molecular complexity index is 739. The molecule has 1 fully saturated rings. The minimum atomic E-state index is -0.118. The summed E-state index contributed by atoms with van der Waals surface area (Å²) in [6.45, 7) is 6.30. The zero-order chi connectivity index (χ0) is 18.5. The molecule has 1 aliphatic rings. The minimum Gasteiger partial charge on any atom is -0.496 e. The first-order chi connectivity index (χ1) is 12.7. The van der Waals surface area contributed by atoms with Crippen LogP contribution in [0, 0.1) is 0 Å². The van der Waals surface area contributed by atoms with Gasteiger partial charge < -0.3 is 19.5 Å². The molecule has 2 heterocycles. The van der Waals surface area contributed by atoms with E-state index in [1.54, 1.807) is 13.2 Å². The van der Waals surface area contributed by atoms with Crippen molar-refractivity contribution in [1.82, 2.24) is 15.4 Å². The molecule has 1 aliphatic heterocycles. The first kappa shape index (κ1) is 18.5. The van der Waals surface area contributed by atoms with Gasteiger partial charge in [0.1, 0.15) is 5.75 Å². The van der Waals surface area contributed by atoms with E-state index in [2.05, 4.69) is 24.3 Å². The number of para-hydroxylation sites is 1. The van der Waals surface area contributed by atoms with E-state index < -0.39 is 0 Å². The van der Waals surface area contributed by atoms with Crippen molar-refractivity contribution in [3.05, 3.63) is 47.3 Å². The highest BCUT2D eigenvalue weighted by Crippen LogP contribution is 2.31. The van der Waals surface area contributed by atoms with E-state index in [-0.39, 0.29) is 11.9 Å². The van der Waals surface area contributed by atoms with Crippen molar-refractivity contribution in [2.45, 2.75) is 38.6 Å². The van der Waals surface area contributed by atoms with Gasteiger partial charge in [0.15, 0.2) is 0 Å². The second kappa shape index (κ2) is 8.36. The van der Waals surface area contributed by atoms with Crippen LogP contribution in [-0.2, 0) is 0 Å². The van der Waals surface area contributed by atoms with Gasteiger partial charge in [0.25, 0.3) is 5.91 Å². The molecule has 1 N–H and O–H groups in total. The summed E-state index contributed by atoms with van der Waals surface area (Å²) in [5.74, 6) is 1.31. The average Bonchev–Trinajstić information content (AvgIpc) is 3.18. The lowest BCUT2D eigenvalue weighted by atomic mass is 9.99. The molecule has 1 amide bonds. The third-order valence-electron chi connectivity index (χ3n) is 5.15. The molecule has 1 atom stereocenters. The maximum atomic E-state index is 13.1. The van der Waals surface area contributed by atoms with Crippen molar-refractivity contribution in [1.29, 1.82) is 0 Å². The van der Waals surface area contributed by atoms with Crippen LogP contribution in [0.2, 0.25) is 0 Å². The number of carbonyl (C=O) groups excluding carboxylic acids is 1. The summed E-state index contributed by atoms with van der Waals surface area (Å²) in [6, 6.07) is 9.53. The predicted molar refractivity (Wildman–Crippen MR) is 99.5 cm³/mol. The fourth-order valence-electron chi connectivity index (χ4n) is 3.60. The Balaban J connectivity index is 1.87. The molecule has 6 heteroatoms. The minimum absolute atomic E-state index is 0.103. The van der Waals surface area contributed by atoms with Crippen molar-refractivity contribution >= 4 is 5.91 Å². The Morgan fingerprint density at radius 2 is 2.15 bits per heavy atom. The number of amides is 1. The fourth-order valence-corrected chi connectivity index (χ4v) is 3.60. The van der Waals surface area contributed by atoms with Crippen LogP contribution in [0.1, 0.15) is 60.5 Å². The van der Waals surface area contributed by atoms with E-state index in [0.29, 0.717) is 24.8 Å². The topological polar surface area (TPSA) is 67.6 Å². The molecule has 140 valence electrons. The van der Waals surface area contributed by atoms with E-state index in [0.717, 1.165) is 36.4 Å². The monoisotopic (exact) mass is 357 g/mol. The quantitative estimate of drug-likeness (QED) is 0.858. The summed E-state index contributed by atoms with van der Waals surface area (Å²) in [7, 11) is 1.65. The molecule has 1 saturated heterocycles. The van der Waals surface area contributed by atoms with Crippen LogP contribution < -0.4 is 10.1 Å². The zero-order valence-electron chi connectivity index (χ0n) is 15.7. The lowest BCUT2D eigenvalue weighted by Gasteiger charge is -2.36. The Hall–Kier alpha value is -2.34. The Morgan fingerprint density at radius 3 is 2.88 bits per heavy atom. The van der Waals surface area contributed by atoms with E-state index >= 15 is 0 Å². The van der Waals surface area contributed by atoms with Gasteiger partial charge in [-0.25, -0.2) is 0 Å². The Labute approximate surface area is 154 Å². The Kier molecular flexibility index (Phi) is 5.93. The number of nitrogens with zero attached hydrogens (tertiary/aromatic N) is 2. The highest BCUT2D eigenvalue weighted by molar-refractivity contribution is 5.92. The molecule has 0 saturated carbocycles. The van der Waals surface area contributed by atoms with Crippen LogP contribution in [0.25, 0.3) is 0 Å². The third kappa shape index (κ3) is 3.60. The van der Waals surface area contributed by atoms with Gasteiger partial charge in [-0.05, 0) is 18.9 Å². The summed E-state index contributed by atoms with van der Waals surface area (Å²) in [5.41, 5.74) is 1.86. The summed E-state index contributed by atoms with van der Waals surface area (Å²) < 4.78 is 10.9. The standard InChI is InChI=1S/C20H27N3O3/c1-4-14(5-2)16-12-19(26-22-16)20(24)23-11-10-21-13-17(23)15-8-6-7-9-18(15)25-3/h6-9,12,14,17,21H,4-5,10-11,13H2,1-3H3. The maximum absolute atomic E-state index is 13.1. The van der Waals surface area contributed by atoms with Gasteiger partial charge in [0.2, 0.25) is 5.76 Å². The lowest BCUT2D eigenvalue weighted by molar-refractivity contribution is 0.0589. The number of piperazine rings is 1. The van der Waals surface area contributed by atoms with Gasteiger partial charge in [-0.1, -0.05) is 37.2 Å². The van der Waals surface area contributed by atoms with Crippen LogP contribution in [0.5, 0.6) is 5.75 Å². The number of aromatic nitrogens is 1. The van der Waals surface area contributed by atoms with Crippen LogP contribution in [-0.4, -0.2) is 42.7 Å². The predicted octanol–water partition coefficient (Wildman–Crippen LogP) is 3.37. The molecular weight excluding hydrogens is 330 g/mol. The number of methoxy groups -OCH3 is 1. The van der Waals surface area contributed by atoms with Gasteiger partial charge in [-0.3, -0.25) is 4.79 Å². The smallest absolute Gasteiger partial charge is 0.293 e. The van der Waals surface area contributed by atoms with Crippen LogP contribution >= 0.6 is 0 Å². The van der Waals surface area contributed by atoms with Crippen LogP contribution in [0.3, 0.4) is 0 Å². The highest BCUT2D eigenvalue weighted by Gasteiger charge is 2.32. The number of nitrogens with one attached hydrogen (secondary N) is 1. The van der Waals surface area contributed by atoms with Crippen molar-refractivity contribution in [3.8, 4) is 5.75 Å². The van der Waals surface area contributed by atoms with Crippen LogP contribution in [0.4, 0.5) is 0 Å². The number of rotatable bonds is 6. The molecule has 0 spiro atoms. The number of benzene rings is 1. The molecule has 1 unspecified atom stereocenters. The Morgan fingerprint density at radius 1 is 1.38 bits per heavy atom. The molecular formula is C20H27N3O3. The summed E-state index contributed by atoms with van der Waals surface area (Å²) in [5, 5.41) is 7.51. The molecule has 1 aromatic carbocycles. The second-order valence-electron chi connectivity index (χ2n) is 6.59. The van der Waals surface area contributed by atoms with Gasteiger partial charge in [0, 0.05) is 37.2 Å². The summed E-state index contributed by atoms with van der Waals surface area (Å²) >= 11 is 0. The molecule has 6 nitrogen and oxygen atoms in total. The van der Waals surface area contributed by atoms with Gasteiger partial charge in [-0.2, -0.15) is 0 Å². The van der Waals surface area contributed by atoms with Crippen molar-refractivity contribution < 1.29 is 14.1 Å². The van der Waals surface area contributed by atoms with Gasteiger partial charge >= 0.3 is 0 Å². The number of hydrogen-bond donors (Lipinski definition) is 1. The first-order valence-electron chi connectivity index (χ1n) is 9.30. The molecule has 26 heavy (non-hydrogen) atoms. The van der Waals surface area contributed by atoms with Crippen LogP contribution in [0.15, 0.2) is 34.9 Å². The molecule has 0 radical (unpaired) electrons. The molecule has 0 bridgehead atoms. The molecule has 0 aliphatic carbocycles. The SMILES string of the molecule is CCC(CC)c1cc(C(=O)N2CCNCC2c2ccccc2OC)on1. The lowest BCUT2D eigenvalue weighted by Crippen LogP contribution is -2.48. The zero-order valence-corrected chi connectivity index (χ0v) is 15.7. The number of ether oxygens (including phenoxy) is 1. The van der Waals surface area contributed by atoms with Crippen molar-refractivity contribution in [3.63, 3.8) is 0 Å². The highest BCUT2D eigenvalue weighted by atomic mass is 16.5. The molecule has 3 rings (SSSR count). The summed E-state index contributed by atoms with van der Waals surface area (Å²) in [4.78, 5) is 15.0. The normalized spacial score (nSPS) is 17.5. The van der Waals surface area contributed by atoms with Gasteiger partial charge in [0.05, 0.1) is 18.8 Å². The van der Waals surface area contributed by atoms with E-state index in [4.69, 9.17) is 9.26 Å². The van der Waals surface area contributed by atoms with E-state index in [1.165, 1.54) is 0 Å². The number of hydrogen-bond acceptors (Lipinski definition) is 5. The van der Waals surface area contributed by atoms with E-state index in [1.807, 2.05) is 29.2 Å². The van der Waals surface area contributed by atoms with Gasteiger partial charge in [-0.15, -0.1) is 0 Å². The summed E-state index contributed by atoms with van der Waals surface area (Å²) in [6.07, 6.45) is 1.96. The van der Waals surface area contributed by atoms with Crippen molar-refractivity contribution in [2.24, 2.45) is 0 Å². The largest absolute Gasteiger partial charge is 0.496 e. The van der Waals surface area contributed by atoms with E-state index in [9.17, 15) is 4.79 Å². The first-order valence-corrected chi connectivity index (χ1v) is 9.30. The number of carbonyl (C=O) groups is 1. The molecule has 1 aromatic heterocycles. The maximum Gasteiger partial charge on any atom is 0.293 e. The fraction of sp³-hybridized carbons (Fsp3) is 0.500. The third-order valence-corrected chi connectivity index (χ3v) is 5.15. The van der Waals surface area contributed by atoms with Crippen molar-refractivity contribution in [2.75, 3.05) is 26.7 Å².